The van der Waals surface area contributed by atoms with Crippen molar-refractivity contribution in [1.29, 1.82) is 0 Å². The van der Waals surface area contributed by atoms with Crippen LogP contribution in [0.4, 0.5) is 0 Å². The number of ether oxygens (including phenoxy) is 3. The number of hydrogen-bond donors (Lipinski definition) is 1. The van der Waals surface area contributed by atoms with Crippen LogP contribution < -0.4 is 5.73 Å². The second-order valence-corrected chi connectivity index (χ2v) is 3.39. The zero-order chi connectivity index (χ0) is 13.6. The molecular formula is C13H21NO4. The number of allylic oxidation sites excluding steroid dienone is 3. The molecule has 0 spiro atoms. The molecule has 18 heavy (non-hydrogen) atoms. The Morgan fingerprint density at radius 2 is 1.89 bits per heavy atom. The Balaban J connectivity index is 3.21. The van der Waals surface area contributed by atoms with E-state index in [1.807, 2.05) is 0 Å². The summed E-state index contributed by atoms with van der Waals surface area (Å²) in [5.41, 5.74) is 4.90. The summed E-state index contributed by atoms with van der Waals surface area (Å²) in [6, 6.07) is 0. The van der Waals surface area contributed by atoms with Gasteiger partial charge in [-0.2, -0.15) is 0 Å². The molecule has 0 fully saturated rings. The first-order valence-corrected chi connectivity index (χ1v) is 5.71. The van der Waals surface area contributed by atoms with Gasteiger partial charge in [-0.25, -0.2) is 0 Å². The van der Waals surface area contributed by atoms with Gasteiger partial charge in [0.25, 0.3) is 0 Å². The Kier molecular flexibility index (Phi) is 10.8. The van der Waals surface area contributed by atoms with Crippen molar-refractivity contribution >= 4 is 5.91 Å². The van der Waals surface area contributed by atoms with Crippen LogP contribution in [-0.4, -0.2) is 38.9 Å². The number of carbonyl (C=O) groups excluding carboxylic acids is 1. The highest BCUT2D eigenvalue weighted by molar-refractivity contribution is 5.74. The van der Waals surface area contributed by atoms with Crippen molar-refractivity contribution in [3.63, 3.8) is 0 Å². The van der Waals surface area contributed by atoms with Crippen LogP contribution in [0.15, 0.2) is 37.1 Å². The Morgan fingerprint density at radius 1 is 1.17 bits per heavy atom. The molecule has 0 aliphatic carbocycles. The first kappa shape index (κ1) is 16.4. The SMILES string of the molecule is C=C/C=C\C(=C)OCCOCCCOCC(N)=O. The van der Waals surface area contributed by atoms with Gasteiger partial charge in [0, 0.05) is 13.2 Å². The maximum atomic E-state index is 10.3. The van der Waals surface area contributed by atoms with Crippen LogP contribution in [0.25, 0.3) is 0 Å². The van der Waals surface area contributed by atoms with Crippen molar-refractivity contribution in [2.24, 2.45) is 5.73 Å². The van der Waals surface area contributed by atoms with Gasteiger partial charge in [-0.15, -0.1) is 0 Å². The first-order valence-electron chi connectivity index (χ1n) is 5.71. The number of nitrogens with two attached hydrogens (primary N) is 1. The molecule has 0 bridgehead atoms. The molecule has 0 aromatic carbocycles. The summed E-state index contributed by atoms with van der Waals surface area (Å²) in [5, 5.41) is 0. The molecule has 0 aromatic rings. The van der Waals surface area contributed by atoms with E-state index in [2.05, 4.69) is 13.2 Å². The van der Waals surface area contributed by atoms with Gasteiger partial charge in [-0.05, 0) is 12.5 Å². The molecule has 0 heterocycles. The van der Waals surface area contributed by atoms with Crippen molar-refractivity contribution in [3.05, 3.63) is 37.1 Å². The predicted molar refractivity (Wildman–Crippen MR) is 69.9 cm³/mol. The molecule has 0 radical (unpaired) electrons. The predicted octanol–water partition coefficient (Wildman–Crippen LogP) is 1.17. The minimum absolute atomic E-state index is 0.0431. The Hall–Kier alpha value is -1.59. The Labute approximate surface area is 108 Å². The lowest BCUT2D eigenvalue weighted by atomic mass is 10.4. The molecule has 0 rings (SSSR count). The highest BCUT2D eigenvalue weighted by Crippen LogP contribution is 1.95. The van der Waals surface area contributed by atoms with Crippen LogP contribution >= 0.6 is 0 Å². The summed E-state index contributed by atoms with van der Waals surface area (Å²) in [6.45, 7) is 9.13. The fraction of sp³-hybridized carbons (Fsp3) is 0.462. The molecule has 0 atom stereocenters. The van der Waals surface area contributed by atoms with Crippen molar-refractivity contribution < 1.29 is 19.0 Å². The molecule has 2 N–H and O–H groups in total. The Morgan fingerprint density at radius 3 is 2.56 bits per heavy atom. The van der Waals surface area contributed by atoms with Gasteiger partial charge in [0.2, 0.25) is 5.91 Å². The zero-order valence-electron chi connectivity index (χ0n) is 10.6. The van der Waals surface area contributed by atoms with Gasteiger partial charge < -0.3 is 19.9 Å². The third-order valence-corrected chi connectivity index (χ3v) is 1.75. The normalized spacial score (nSPS) is 10.4. The maximum absolute atomic E-state index is 10.3. The van der Waals surface area contributed by atoms with Crippen molar-refractivity contribution in [2.75, 3.05) is 33.0 Å². The van der Waals surface area contributed by atoms with E-state index in [1.165, 1.54) is 0 Å². The van der Waals surface area contributed by atoms with E-state index in [-0.39, 0.29) is 6.61 Å². The second kappa shape index (κ2) is 11.9. The lowest BCUT2D eigenvalue weighted by molar-refractivity contribution is -0.122. The quantitative estimate of drug-likeness (QED) is 0.323. The van der Waals surface area contributed by atoms with E-state index in [4.69, 9.17) is 19.9 Å². The van der Waals surface area contributed by atoms with Gasteiger partial charge in [0.1, 0.15) is 19.0 Å². The fourth-order valence-corrected chi connectivity index (χ4v) is 0.993. The monoisotopic (exact) mass is 255 g/mol. The smallest absolute Gasteiger partial charge is 0.243 e. The average Bonchev–Trinajstić information content (AvgIpc) is 2.34. The Bertz CT molecular complexity index is 287. The average molecular weight is 255 g/mol. The topological polar surface area (TPSA) is 70.8 Å². The fourth-order valence-electron chi connectivity index (χ4n) is 0.993. The van der Waals surface area contributed by atoms with E-state index in [1.54, 1.807) is 18.2 Å². The first-order chi connectivity index (χ1) is 8.66. The molecule has 5 heteroatoms. The molecule has 0 aromatic heterocycles. The summed E-state index contributed by atoms with van der Waals surface area (Å²) in [4.78, 5) is 10.3. The molecule has 0 aliphatic heterocycles. The standard InChI is InChI=1S/C13H21NO4/c1-3-4-6-12(2)18-10-9-16-7-5-8-17-11-13(14)15/h3-4,6H,1-2,5,7-11H2,(H2,14,15)/b6-4-. The van der Waals surface area contributed by atoms with Crippen LogP contribution in [0.3, 0.4) is 0 Å². The molecule has 0 unspecified atom stereocenters. The number of primary amides is 1. The van der Waals surface area contributed by atoms with Crippen molar-refractivity contribution in [1.82, 2.24) is 0 Å². The van der Waals surface area contributed by atoms with Crippen LogP contribution in [0.1, 0.15) is 6.42 Å². The van der Waals surface area contributed by atoms with Gasteiger partial charge in [-0.1, -0.05) is 25.3 Å². The van der Waals surface area contributed by atoms with Gasteiger partial charge >= 0.3 is 0 Å². The van der Waals surface area contributed by atoms with Gasteiger partial charge in [0.05, 0.1) is 6.61 Å². The van der Waals surface area contributed by atoms with E-state index in [0.29, 0.717) is 38.6 Å². The molecular weight excluding hydrogens is 234 g/mol. The van der Waals surface area contributed by atoms with Crippen LogP contribution in [0.2, 0.25) is 0 Å². The number of carbonyl (C=O) groups is 1. The highest BCUT2D eigenvalue weighted by Gasteiger charge is 1.94. The lowest BCUT2D eigenvalue weighted by Crippen LogP contribution is -2.18. The highest BCUT2D eigenvalue weighted by atomic mass is 16.5. The van der Waals surface area contributed by atoms with Gasteiger partial charge in [-0.3, -0.25) is 4.79 Å². The molecule has 0 aliphatic rings. The summed E-state index contributed by atoms with van der Waals surface area (Å²) >= 11 is 0. The zero-order valence-corrected chi connectivity index (χ0v) is 10.6. The molecule has 1 amide bonds. The lowest BCUT2D eigenvalue weighted by Gasteiger charge is -2.06. The third kappa shape index (κ3) is 12.5. The third-order valence-electron chi connectivity index (χ3n) is 1.75. The molecule has 102 valence electrons. The number of hydrogen-bond acceptors (Lipinski definition) is 4. The minimum Gasteiger partial charge on any atom is -0.492 e. The summed E-state index contributed by atoms with van der Waals surface area (Å²) in [7, 11) is 0. The largest absolute Gasteiger partial charge is 0.492 e. The number of amides is 1. The minimum atomic E-state index is -0.463. The van der Waals surface area contributed by atoms with Crippen molar-refractivity contribution in [3.8, 4) is 0 Å². The molecule has 5 nitrogen and oxygen atoms in total. The van der Waals surface area contributed by atoms with Gasteiger partial charge in [0.15, 0.2) is 0 Å². The van der Waals surface area contributed by atoms with E-state index < -0.39 is 5.91 Å². The second-order valence-electron chi connectivity index (χ2n) is 3.39. The van der Waals surface area contributed by atoms with E-state index >= 15 is 0 Å². The van der Waals surface area contributed by atoms with Crippen LogP contribution in [0.5, 0.6) is 0 Å². The van der Waals surface area contributed by atoms with Crippen LogP contribution in [-0.2, 0) is 19.0 Å². The summed E-state index contributed by atoms with van der Waals surface area (Å²) < 4.78 is 15.5. The van der Waals surface area contributed by atoms with E-state index in [0.717, 1.165) is 0 Å². The maximum Gasteiger partial charge on any atom is 0.243 e. The molecule has 0 saturated heterocycles. The van der Waals surface area contributed by atoms with E-state index in [9.17, 15) is 4.79 Å². The molecule has 0 saturated carbocycles. The number of rotatable bonds is 12. The summed E-state index contributed by atoms with van der Waals surface area (Å²) in [5.74, 6) is 0.110. The summed E-state index contributed by atoms with van der Waals surface area (Å²) in [6.07, 6.45) is 5.84. The van der Waals surface area contributed by atoms with Crippen LogP contribution in [0, 0.1) is 0 Å². The van der Waals surface area contributed by atoms with Crippen molar-refractivity contribution in [2.45, 2.75) is 6.42 Å².